The van der Waals surface area contributed by atoms with Crippen molar-refractivity contribution in [3.8, 4) is 0 Å². The number of methoxy groups -OCH3 is 1. The van der Waals surface area contributed by atoms with Crippen LogP contribution >= 0.6 is 0 Å². The molecule has 0 aliphatic rings. The molecule has 1 unspecified atom stereocenters. The molecule has 1 N–H and O–H groups in total. The number of hydrogen-bond acceptors (Lipinski definition) is 3. The molecule has 0 radical (unpaired) electrons. The van der Waals surface area contributed by atoms with Gasteiger partial charge in [0, 0.05) is 5.92 Å². The molecule has 0 fully saturated rings. The molecule has 0 aromatic heterocycles. The van der Waals surface area contributed by atoms with E-state index >= 15 is 0 Å². The zero-order valence-electron chi connectivity index (χ0n) is 12.7. The smallest absolute Gasteiger partial charge is 0.326 e. The highest BCUT2D eigenvalue weighted by atomic mass is 16.5. The summed E-state index contributed by atoms with van der Waals surface area (Å²) >= 11 is 0. The second-order valence-corrected chi connectivity index (χ2v) is 5.20. The number of carbonyl (C=O) groups is 1. The van der Waals surface area contributed by atoms with Crippen molar-refractivity contribution in [2.75, 3.05) is 14.2 Å². The molecule has 21 heavy (non-hydrogen) atoms. The maximum atomic E-state index is 12.4. The summed E-state index contributed by atoms with van der Waals surface area (Å²) in [6, 6.07) is 20.0. The van der Waals surface area contributed by atoms with Crippen LogP contribution in [-0.2, 0) is 9.53 Å². The summed E-state index contributed by atoms with van der Waals surface area (Å²) in [4.78, 5) is 12.4. The van der Waals surface area contributed by atoms with E-state index in [0.29, 0.717) is 0 Å². The van der Waals surface area contributed by atoms with Gasteiger partial charge in [0.2, 0.25) is 0 Å². The summed E-state index contributed by atoms with van der Waals surface area (Å²) < 4.78 is 5.03. The molecule has 1 atom stereocenters. The van der Waals surface area contributed by atoms with Gasteiger partial charge >= 0.3 is 5.97 Å². The average molecular weight is 283 g/mol. The number of likely N-dealkylation sites (N-methyl/N-ethyl adjacent to an activating group) is 1. The van der Waals surface area contributed by atoms with Gasteiger partial charge in [0.15, 0.2) is 0 Å². The van der Waals surface area contributed by atoms with E-state index in [1.165, 1.54) is 7.11 Å². The quantitative estimate of drug-likeness (QED) is 0.857. The topological polar surface area (TPSA) is 38.3 Å². The van der Waals surface area contributed by atoms with Crippen LogP contribution in [0.15, 0.2) is 60.7 Å². The molecule has 2 rings (SSSR count). The van der Waals surface area contributed by atoms with Gasteiger partial charge in [0.05, 0.1) is 7.11 Å². The second-order valence-electron chi connectivity index (χ2n) is 5.20. The van der Waals surface area contributed by atoms with Gasteiger partial charge in [0.25, 0.3) is 0 Å². The summed E-state index contributed by atoms with van der Waals surface area (Å²) in [5.41, 5.74) is 1.31. The Morgan fingerprint density at radius 2 is 1.43 bits per heavy atom. The van der Waals surface area contributed by atoms with Crippen LogP contribution in [0.5, 0.6) is 0 Å². The maximum Gasteiger partial charge on any atom is 0.326 e. The largest absolute Gasteiger partial charge is 0.468 e. The van der Waals surface area contributed by atoms with E-state index in [1.807, 2.05) is 67.6 Å². The van der Waals surface area contributed by atoms with Crippen LogP contribution in [0.4, 0.5) is 0 Å². The first-order valence-electron chi connectivity index (χ1n) is 7.00. The third-order valence-corrected chi connectivity index (χ3v) is 3.97. The predicted octanol–water partition coefficient (Wildman–Crippen LogP) is 2.97. The average Bonchev–Trinajstić information content (AvgIpc) is 2.56. The molecule has 0 amide bonds. The van der Waals surface area contributed by atoms with Crippen molar-refractivity contribution in [2.45, 2.75) is 18.4 Å². The molecular weight excluding hydrogens is 262 g/mol. The van der Waals surface area contributed by atoms with Crippen LogP contribution in [0.2, 0.25) is 0 Å². The SMILES string of the molecule is CNC(C)(C(=O)OC)C(c1ccccc1)c1ccccc1. The summed E-state index contributed by atoms with van der Waals surface area (Å²) in [5, 5.41) is 3.15. The molecule has 0 heterocycles. The normalized spacial score (nSPS) is 13.7. The van der Waals surface area contributed by atoms with Crippen molar-refractivity contribution in [1.29, 1.82) is 0 Å². The molecule has 2 aromatic carbocycles. The van der Waals surface area contributed by atoms with Gasteiger partial charge < -0.3 is 10.1 Å². The van der Waals surface area contributed by atoms with Crippen molar-refractivity contribution < 1.29 is 9.53 Å². The van der Waals surface area contributed by atoms with Crippen LogP contribution in [0, 0.1) is 0 Å². The van der Waals surface area contributed by atoms with Crippen molar-refractivity contribution in [3.05, 3.63) is 71.8 Å². The number of nitrogens with one attached hydrogen (secondary N) is 1. The molecule has 0 saturated carbocycles. The standard InChI is InChI=1S/C18H21NO2/c1-18(19-2,17(20)21-3)16(14-10-6-4-7-11-14)15-12-8-5-9-13-15/h4-13,16,19H,1-3H3. The van der Waals surface area contributed by atoms with E-state index in [-0.39, 0.29) is 11.9 Å². The number of benzene rings is 2. The van der Waals surface area contributed by atoms with Gasteiger partial charge in [-0.05, 0) is 25.1 Å². The third kappa shape index (κ3) is 2.98. The number of esters is 1. The van der Waals surface area contributed by atoms with Crippen LogP contribution in [0.25, 0.3) is 0 Å². The Bertz CT molecular complexity index is 543. The molecule has 0 aliphatic carbocycles. The van der Waals surface area contributed by atoms with Crippen LogP contribution in [0.3, 0.4) is 0 Å². The second kappa shape index (κ2) is 6.55. The lowest BCUT2D eigenvalue weighted by Gasteiger charge is -2.35. The van der Waals surface area contributed by atoms with E-state index in [2.05, 4.69) is 5.32 Å². The van der Waals surface area contributed by atoms with Crippen molar-refractivity contribution in [2.24, 2.45) is 0 Å². The highest BCUT2D eigenvalue weighted by Gasteiger charge is 2.42. The van der Waals surface area contributed by atoms with Crippen LogP contribution in [-0.4, -0.2) is 25.7 Å². The van der Waals surface area contributed by atoms with E-state index in [9.17, 15) is 4.79 Å². The molecule has 0 bridgehead atoms. The minimum atomic E-state index is -0.836. The lowest BCUT2D eigenvalue weighted by atomic mass is 9.76. The van der Waals surface area contributed by atoms with Crippen LogP contribution < -0.4 is 5.32 Å². The number of ether oxygens (including phenoxy) is 1. The predicted molar refractivity (Wildman–Crippen MR) is 84.2 cm³/mol. The Morgan fingerprint density at radius 3 is 1.76 bits per heavy atom. The Kier molecular flexibility index (Phi) is 4.76. The van der Waals surface area contributed by atoms with E-state index in [4.69, 9.17) is 4.74 Å². The maximum absolute atomic E-state index is 12.4. The van der Waals surface area contributed by atoms with Gasteiger partial charge in [-0.25, -0.2) is 0 Å². The molecule has 2 aromatic rings. The van der Waals surface area contributed by atoms with Gasteiger partial charge in [-0.3, -0.25) is 4.79 Å². The lowest BCUT2D eigenvalue weighted by Crippen LogP contribution is -2.53. The monoisotopic (exact) mass is 283 g/mol. The minimum absolute atomic E-state index is 0.127. The fraction of sp³-hybridized carbons (Fsp3) is 0.278. The van der Waals surface area contributed by atoms with Crippen LogP contribution in [0.1, 0.15) is 24.0 Å². The molecule has 0 saturated heterocycles. The Labute approximate surface area is 126 Å². The Morgan fingerprint density at radius 1 is 1.00 bits per heavy atom. The zero-order chi connectivity index (χ0) is 15.3. The molecule has 110 valence electrons. The first-order valence-corrected chi connectivity index (χ1v) is 7.00. The van der Waals surface area contributed by atoms with Gasteiger partial charge in [-0.2, -0.15) is 0 Å². The number of hydrogen-bond donors (Lipinski definition) is 1. The van der Waals surface area contributed by atoms with Gasteiger partial charge in [-0.1, -0.05) is 60.7 Å². The third-order valence-electron chi connectivity index (χ3n) is 3.97. The molecular formula is C18H21NO2. The summed E-state index contributed by atoms with van der Waals surface area (Å²) in [6.07, 6.45) is 0. The van der Waals surface area contributed by atoms with E-state index in [0.717, 1.165) is 11.1 Å². The first-order chi connectivity index (χ1) is 10.1. The molecule has 3 nitrogen and oxygen atoms in total. The molecule has 0 spiro atoms. The van der Waals surface area contributed by atoms with E-state index in [1.54, 1.807) is 7.05 Å². The highest BCUT2D eigenvalue weighted by molar-refractivity contribution is 5.82. The van der Waals surface area contributed by atoms with E-state index < -0.39 is 5.54 Å². The Hall–Kier alpha value is -2.13. The summed E-state index contributed by atoms with van der Waals surface area (Å²) in [5.74, 6) is -0.403. The summed E-state index contributed by atoms with van der Waals surface area (Å²) in [6.45, 7) is 1.88. The minimum Gasteiger partial charge on any atom is -0.468 e. The number of rotatable bonds is 5. The molecule has 3 heteroatoms. The molecule has 0 aliphatic heterocycles. The van der Waals surface area contributed by atoms with Crippen molar-refractivity contribution >= 4 is 5.97 Å². The first kappa shape index (κ1) is 15.3. The number of carbonyl (C=O) groups excluding carboxylic acids is 1. The Balaban J connectivity index is 2.59. The highest BCUT2D eigenvalue weighted by Crippen LogP contribution is 2.35. The van der Waals surface area contributed by atoms with Crippen molar-refractivity contribution in [1.82, 2.24) is 5.32 Å². The van der Waals surface area contributed by atoms with Gasteiger partial charge in [0.1, 0.15) is 5.54 Å². The van der Waals surface area contributed by atoms with Crippen molar-refractivity contribution in [3.63, 3.8) is 0 Å². The van der Waals surface area contributed by atoms with Gasteiger partial charge in [-0.15, -0.1) is 0 Å². The fourth-order valence-electron chi connectivity index (χ4n) is 2.73. The lowest BCUT2D eigenvalue weighted by molar-refractivity contribution is -0.148. The zero-order valence-corrected chi connectivity index (χ0v) is 12.7. The summed E-state index contributed by atoms with van der Waals surface area (Å²) in [7, 11) is 3.21. The fourth-order valence-corrected chi connectivity index (χ4v) is 2.73.